The lowest BCUT2D eigenvalue weighted by atomic mass is 9.99. The minimum atomic E-state index is -0.405. The summed E-state index contributed by atoms with van der Waals surface area (Å²) in [5, 5.41) is 4.39. The Hall–Kier alpha value is -3.78. The summed E-state index contributed by atoms with van der Waals surface area (Å²) in [5.74, 6) is 0.212. The van der Waals surface area contributed by atoms with Crippen molar-refractivity contribution in [2.24, 2.45) is 17.0 Å². The van der Waals surface area contributed by atoms with E-state index in [1.54, 1.807) is 43.2 Å². The van der Waals surface area contributed by atoms with E-state index >= 15 is 0 Å². The maximum absolute atomic E-state index is 11.8. The van der Waals surface area contributed by atoms with E-state index in [1.165, 1.54) is 7.11 Å². The molecule has 0 unspecified atom stereocenters. The second-order valence-electron chi connectivity index (χ2n) is 7.76. The monoisotopic (exact) mass is 478 g/mol. The highest BCUT2D eigenvalue weighted by Gasteiger charge is 2.15. The van der Waals surface area contributed by atoms with Crippen molar-refractivity contribution < 1.29 is 19.0 Å². The molecule has 1 heterocycles. The van der Waals surface area contributed by atoms with E-state index < -0.39 is 5.97 Å². The number of methoxy groups -OCH3 is 1. The molecule has 2 aromatic rings. The maximum Gasteiger partial charge on any atom is 0.337 e. The van der Waals surface area contributed by atoms with Gasteiger partial charge in [0.1, 0.15) is 12.4 Å². The van der Waals surface area contributed by atoms with Gasteiger partial charge < -0.3 is 14.2 Å². The molecule has 0 spiro atoms. The number of hydrogen-bond donors (Lipinski definition) is 0. The molecule has 0 saturated carbocycles. The standard InChI is InChI=1S/C27H34N4O4/c1-9-23(28-5)21(18(2)3)15-24(29-6)22-16-30-31(7)25(22)17-34-12-13-35-26-14-20(27(32)33-8)11-10-19(26)4/h9-11,14-16H,1-2,12-13,17H2,3-8H3/b21-15+,28-23?,29-24?. The summed E-state index contributed by atoms with van der Waals surface area (Å²) in [6, 6.07) is 5.20. The molecule has 0 radical (unpaired) electrons. The first-order valence-electron chi connectivity index (χ1n) is 11.1. The van der Waals surface area contributed by atoms with Crippen LogP contribution in [0.5, 0.6) is 5.75 Å². The Morgan fingerprint density at radius 1 is 1.23 bits per heavy atom. The fourth-order valence-corrected chi connectivity index (χ4v) is 3.36. The van der Waals surface area contributed by atoms with Gasteiger partial charge in [-0.25, -0.2) is 4.79 Å². The molecule has 35 heavy (non-hydrogen) atoms. The molecule has 1 aromatic carbocycles. The Morgan fingerprint density at radius 3 is 2.57 bits per heavy atom. The van der Waals surface area contributed by atoms with E-state index in [4.69, 9.17) is 14.2 Å². The number of aryl methyl sites for hydroxylation is 2. The molecular weight excluding hydrogens is 444 g/mol. The van der Waals surface area contributed by atoms with Crippen molar-refractivity contribution in [2.45, 2.75) is 20.5 Å². The van der Waals surface area contributed by atoms with Crippen LogP contribution in [-0.2, 0) is 23.1 Å². The number of esters is 1. The van der Waals surface area contributed by atoms with E-state index in [-0.39, 0.29) is 0 Å². The van der Waals surface area contributed by atoms with E-state index in [1.807, 2.05) is 33.0 Å². The average molecular weight is 479 g/mol. The minimum absolute atomic E-state index is 0.321. The van der Waals surface area contributed by atoms with Gasteiger partial charge in [0.25, 0.3) is 0 Å². The third-order valence-corrected chi connectivity index (χ3v) is 5.36. The normalized spacial score (nSPS) is 12.5. The predicted octanol–water partition coefficient (Wildman–Crippen LogP) is 4.29. The van der Waals surface area contributed by atoms with Crippen LogP contribution < -0.4 is 4.74 Å². The lowest BCUT2D eigenvalue weighted by Gasteiger charge is -2.12. The molecule has 1 aromatic heterocycles. The van der Waals surface area contributed by atoms with Crippen molar-refractivity contribution in [1.82, 2.24) is 9.78 Å². The second-order valence-corrected chi connectivity index (χ2v) is 7.76. The fourth-order valence-electron chi connectivity index (χ4n) is 3.36. The first-order chi connectivity index (χ1) is 16.8. The van der Waals surface area contributed by atoms with Gasteiger partial charge in [-0.05, 0) is 49.3 Å². The third kappa shape index (κ3) is 7.10. The number of ether oxygens (including phenoxy) is 3. The topological polar surface area (TPSA) is 87.3 Å². The molecule has 0 aliphatic rings. The summed E-state index contributed by atoms with van der Waals surface area (Å²) in [5.41, 5.74) is 6.29. The van der Waals surface area contributed by atoms with Crippen LogP contribution in [0.25, 0.3) is 0 Å². The Bertz CT molecular complexity index is 1170. The van der Waals surface area contributed by atoms with Crippen LogP contribution in [0.2, 0.25) is 0 Å². The van der Waals surface area contributed by atoms with Crippen molar-refractivity contribution in [1.29, 1.82) is 0 Å². The van der Waals surface area contributed by atoms with Gasteiger partial charge in [-0.1, -0.05) is 19.2 Å². The minimum Gasteiger partial charge on any atom is -0.491 e. The molecule has 0 amide bonds. The smallest absolute Gasteiger partial charge is 0.337 e. The molecule has 8 nitrogen and oxygen atoms in total. The van der Waals surface area contributed by atoms with Crippen LogP contribution in [0.3, 0.4) is 0 Å². The Morgan fingerprint density at radius 2 is 1.97 bits per heavy atom. The highest BCUT2D eigenvalue weighted by molar-refractivity contribution is 6.18. The van der Waals surface area contributed by atoms with Gasteiger partial charge in [-0.2, -0.15) is 5.10 Å². The van der Waals surface area contributed by atoms with E-state index in [0.717, 1.165) is 39.4 Å². The highest BCUT2D eigenvalue weighted by atomic mass is 16.5. The molecule has 2 rings (SSSR count). The van der Waals surface area contributed by atoms with Gasteiger partial charge >= 0.3 is 5.97 Å². The van der Waals surface area contributed by atoms with Crippen molar-refractivity contribution in [3.8, 4) is 5.75 Å². The summed E-state index contributed by atoms with van der Waals surface area (Å²) in [6.45, 7) is 12.7. The molecule has 0 N–H and O–H groups in total. The van der Waals surface area contributed by atoms with Gasteiger partial charge in [0.15, 0.2) is 0 Å². The van der Waals surface area contributed by atoms with Crippen LogP contribution in [-0.4, -0.2) is 61.6 Å². The quantitative estimate of drug-likeness (QED) is 0.197. The van der Waals surface area contributed by atoms with Crippen molar-refractivity contribution in [2.75, 3.05) is 34.4 Å². The van der Waals surface area contributed by atoms with E-state index in [2.05, 4.69) is 28.2 Å². The average Bonchev–Trinajstić information content (AvgIpc) is 3.21. The number of carbonyl (C=O) groups is 1. The Labute approximate surface area is 207 Å². The summed E-state index contributed by atoms with van der Waals surface area (Å²) in [6.07, 6.45) is 5.40. The molecule has 186 valence electrons. The summed E-state index contributed by atoms with van der Waals surface area (Å²) < 4.78 is 18.3. The van der Waals surface area contributed by atoms with Crippen molar-refractivity contribution in [3.05, 3.63) is 83.2 Å². The summed E-state index contributed by atoms with van der Waals surface area (Å²) >= 11 is 0. The fraction of sp³-hybridized carbons (Fsp3) is 0.333. The van der Waals surface area contributed by atoms with Crippen LogP contribution >= 0.6 is 0 Å². The van der Waals surface area contributed by atoms with E-state index in [0.29, 0.717) is 31.1 Å². The van der Waals surface area contributed by atoms with Crippen LogP contribution in [0, 0.1) is 6.92 Å². The molecule has 0 atom stereocenters. The lowest BCUT2D eigenvalue weighted by Crippen LogP contribution is -2.12. The molecule has 0 saturated heterocycles. The molecule has 0 aliphatic heterocycles. The largest absolute Gasteiger partial charge is 0.491 e. The van der Waals surface area contributed by atoms with Gasteiger partial charge in [-0.15, -0.1) is 0 Å². The number of rotatable bonds is 12. The van der Waals surface area contributed by atoms with Gasteiger partial charge in [0.05, 0.1) is 49.2 Å². The summed E-state index contributed by atoms with van der Waals surface area (Å²) in [7, 11) is 6.66. The number of benzene rings is 1. The lowest BCUT2D eigenvalue weighted by molar-refractivity contribution is 0.0599. The van der Waals surface area contributed by atoms with Crippen molar-refractivity contribution >= 4 is 17.4 Å². The van der Waals surface area contributed by atoms with Gasteiger partial charge in [0.2, 0.25) is 0 Å². The zero-order chi connectivity index (χ0) is 26.0. The Balaban J connectivity index is 2.10. The first kappa shape index (κ1) is 27.5. The number of aliphatic imine (C=N–C) groups is 2. The molecular formula is C27H34N4O4. The van der Waals surface area contributed by atoms with Crippen molar-refractivity contribution in [3.63, 3.8) is 0 Å². The van der Waals surface area contributed by atoms with Gasteiger partial charge in [-0.3, -0.25) is 14.7 Å². The number of allylic oxidation sites excluding steroid dienone is 4. The van der Waals surface area contributed by atoms with Gasteiger partial charge in [0, 0.05) is 32.3 Å². The first-order valence-corrected chi connectivity index (χ1v) is 11.1. The predicted molar refractivity (Wildman–Crippen MR) is 140 cm³/mol. The zero-order valence-corrected chi connectivity index (χ0v) is 21.4. The maximum atomic E-state index is 11.8. The van der Waals surface area contributed by atoms with E-state index in [9.17, 15) is 4.79 Å². The number of hydrogen-bond acceptors (Lipinski definition) is 7. The summed E-state index contributed by atoms with van der Waals surface area (Å²) in [4.78, 5) is 20.5. The third-order valence-electron chi connectivity index (χ3n) is 5.36. The molecule has 0 fully saturated rings. The molecule has 0 bridgehead atoms. The number of aromatic nitrogens is 2. The number of nitrogens with zero attached hydrogens (tertiary/aromatic N) is 4. The van der Waals surface area contributed by atoms with Crippen LogP contribution in [0.4, 0.5) is 0 Å². The molecule has 0 aliphatic carbocycles. The highest BCUT2D eigenvalue weighted by Crippen LogP contribution is 2.20. The van der Waals surface area contributed by atoms with Crippen LogP contribution in [0.15, 0.2) is 70.8 Å². The second kappa shape index (κ2) is 13.2. The molecule has 8 heteroatoms. The van der Waals surface area contributed by atoms with Crippen LogP contribution in [0.1, 0.15) is 34.1 Å². The zero-order valence-electron chi connectivity index (χ0n) is 21.4. The number of carbonyl (C=O) groups excluding carboxylic acids is 1. The Kier molecular flexibility index (Phi) is 10.4. The SMILES string of the molecule is C=CC(=NC)/C(=C/C(=NC)c1cnn(C)c1COCCOc1cc(C(=O)OC)ccc1C)C(=C)C.